The highest BCUT2D eigenvalue weighted by atomic mass is 79.9. The monoisotopic (exact) mass is 432 g/mol. The number of halogens is 1. The van der Waals surface area contributed by atoms with E-state index in [9.17, 15) is 9.59 Å². The van der Waals surface area contributed by atoms with E-state index in [4.69, 9.17) is 12.2 Å². The Balaban J connectivity index is 1.74. The molecule has 1 aliphatic heterocycles. The van der Waals surface area contributed by atoms with Crippen LogP contribution in [-0.2, 0) is 4.79 Å². The Bertz CT molecular complexity index is 894. The van der Waals surface area contributed by atoms with Crippen LogP contribution in [0.2, 0.25) is 0 Å². The lowest BCUT2D eigenvalue weighted by molar-refractivity contribution is -0.121. The number of rotatable bonds is 3. The second-order valence-electron chi connectivity index (χ2n) is 5.30. The summed E-state index contributed by atoms with van der Waals surface area (Å²) in [6, 6.07) is 14.5. The molecule has 0 atom stereocenters. The van der Waals surface area contributed by atoms with E-state index in [1.165, 1.54) is 16.7 Å². The van der Waals surface area contributed by atoms with Crippen molar-refractivity contribution in [3.05, 3.63) is 69.0 Å². The number of hydrogen-bond donors (Lipinski definition) is 1. The Morgan fingerprint density at radius 1 is 1.20 bits per heavy atom. The number of nitrogens with zero attached hydrogens (tertiary/aromatic N) is 1. The van der Waals surface area contributed by atoms with Crippen molar-refractivity contribution in [2.24, 2.45) is 0 Å². The fourth-order valence-corrected chi connectivity index (χ4v) is 3.75. The molecule has 2 aromatic carbocycles. The van der Waals surface area contributed by atoms with Gasteiger partial charge >= 0.3 is 0 Å². The van der Waals surface area contributed by atoms with Crippen LogP contribution in [0.4, 0.5) is 5.69 Å². The number of carbonyl (C=O) groups is 2. The summed E-state index contributed by atoms with van der Waals surface area (Å²) in [7, 11) is 1.66. The molecule has 1 N–H and O–H groups in total. The summed E-state index contributed by atoms with van der Waals surface area (Å²) in [4.78, 5) is 26.4. The summed E-state index contributed by atoms with van der Waals surface area (Å²) in [5.74, 6) is -0.302. The first-order valence-corrected chi connectivity index (χ1v) is 9.35. The fraction of sp³-hybridized carbons (Fsp3) is 0.0556. The molecule has 126 valence electrons. The molecular weight excluding hydrogens is 420 g/mol. The number of thiocarbonyl (C=S) groups is 1. The van der Waals surface area contributed by atoms with Gasteiger partial charge in [0.05, 0.1) is 10.6 Å². The van der Waals surface area contributed by atoms with E-state index >= 15 is 0 Å². The first-order chi connectivity index (χ1) is 12.0. The Morgan fingerprint density at radius 2 is 1.88 bits per heavy atom. The number of thioether (sulfide) groups is 1. The van der Waals surface area contributed by atoms with Gasteiger partial charge in [-0.25, -0.2) is 0 Å². The van der Waals surface area contributed by atoms with Crippen LogP contribution in [0.1, 0.15) is 15.9 Å². The first-order valence-electron chi connectivity index (χ1n) is 7.33. The number of likely N-dealkylation sites (N-methyl/N-ethyl adjacent to an activating group) is 1. The van der Waals surface area contributed by atoms with E-state index in [-0.39, 0.29) is 11.8 Å². The van der Waals surface area contributed by atoms with Crippen LogP contribution in [0.3, 0.4) is 0 Å². The van der Waals surface area contributed by atoms with E-state index in [0.29, 0.717) is 20.5 Å². The molecule has 3 rings (SSSR count). The second kappa shape index (κ2) is 7.51. The Kier molecular flexibility index (Phi) is 5.36. The van der Waals surface area contributed by atoms with Crippen LogP contribution >= 0.6 is 39.9 Å². The topological polar surface area (TPSA) is 49.4 Å². The van der Waals surface area contributed by atoms with Crippen molar-refractivity contribution < 1.29 is 9.59 Å². The predicted molar refractivity (Wildman–Crippen MR) is 109 cm³/mol. The summed E-state index contributed by atoms with van der Waals surface area (Å²) < 4.78 is 1.36. The number of benzene rings is 2. The standard InChI is InChI=1S/C18H13BrN2O2S2/c1-21-17(23)15(25-18(21)24)10-11-6-8-12(9-7-11)16(22)20-14-5-3-2-4-13(14)19/h2-10H,1H3,(H,20,22)/b15-10-. The number of carbonyl (C=O) groups excluding carboxylic acids is 2. The minimum Gasteiger partial charge on any atom is -0.321 e. The average Bonchev–Trinajstić information content (AvgIpc) is 2.84. The van der Waals surface area contributed by atoms with E-state index in [2.05, 4.69) is 21.2 Å². The van der Waals surface area contributed by atoms with Crippen molar-refractivity contribution in [3.63, 3.8) is 0 Å². The molecule has 0 aliphatic carbocycles. The molecule has 1 heterocycles. The average molecular weight is 433 g/mol. The molecule has 7 heteroatoms. The van der Waals surface area contributed by atoms with Gasteiger partial charge in [0.1, 0.15) is 4.32 Å². The highest BCUT2D eigenvalue weighted by Gasteiger charge is 2.28. The molecule has 2 aromatic rings. The van der Waals surface area contributed by atoms with E-state index in [1.54, 1.807) is 37.4 Å². The summed E-state index contributed by atoms with van der Waals surface area (Å²) in [6.07, 6.45) is 1.78. The normalized spacial score (nSPS) is 15.8. The molecule has 0 bridgehead atoms. The lowest BCUT2D eigenvalue weighted by Crippen LogP contribution is -2.22. The Hall–Kier alpha value is -1.96. The number of nitrogens with one attached hydrogen (secondary N) is 1. The highest BCUT2D eigenvalue weighted by molar-refractivity contribution is 9.10. The van der Waals surface area contributed by atoms with Crippen LogP contribution < -0.4 is 5.32 Å². The Labute approximate surface area is 163 Å². The molecule has 0 unspecified atom stereocenters. The third-order valence-corrected chi connectivity index (χ3v) is 5.76. The van der Waals surface area contributed by atoms with Crippen molar-refractivity contribution in [2.75, 3.05) is 12.4 Å². The van der Waals surface area contributed by atoms with Crippen LogP contribution in [0.25, 0.3) is 6.08 Å². The SMILES string of the molecule is CN1C(=O)/C(=C/c2ccc(C(=O)Nc3ccccc3Br)cc2)SC1=S. The quantitative estimate of drug-likeness (QED) is 0.571. The highest BCUT2D eigenvalue weighted by Crippen LogP contribution is 2.31. The zero-order chi connectivity index (χ0) is 18.0. The van der Waals surface area contributed by atoms with Crippen molar-refractivity contribution in [3.8, 4) is 0 Å². The van der Waals surface area contributed by atoms with Crippen LogP contribution in [0.5, 0.6) is 0 Å². The van der Waals surface area contributed by atoms with E-state index in [0.717, 1.165) is 10.0 Å². The van der Waals surface area contributed by atoms with E-state index < -0.39 is 0 Å². The van der Waals surface area contributed by atoms with Crippen molar-refractivity contribution in [2.45, 2.75) is 0 Å². The molecule has 4 nitrogen and oxygen atoms in total. The Morgan fingerprint density at radius 3 is 2.48 bits per heavy atom. The molecule has 1 fully saturated rings. The summed E-state index contributed by atoms with van der Waals surface area (Å²) >= 11 is 9.79. The fourth-order valence-electron chi connectivity index (χ4n) is 2.18. The lowest BCUT2D eigenvalue weighted by Gasteiger charge is -2.07. The van der Waals surface area contributed by atoms with Gasteiger partial charge in [-0.15, -0.1) is 0 Å². The summed E-state index contributed by atoms with van der Waals surface area (Å²) in [5, 5.41) is 2.85. The van der Waals surface area contributed by atoms with E-state index in [1.807, 2.05) is 24.3 Å². The van der Waals surface area contributed by atoms with Gasteiger partial charge in [-0.3, -0.25) is 14.5 Å². The third-order valence-electron chi connectivity index (χ3n) is 3.58. The van der Waals surface area contributed by atoms with Gasteiger partial charge in [-0.1, -0.05) is 48.2 Å². The molecule has 1 saturated heterocycles. The molecule has 0 spiro atoms. The smallest absolute Gasteiger partial charge is 0.265 e. The number of anilines is 1. The molecule has 0 saturated carbocycles. The molecule has 25 heavy (non-hydrogen) atoms. The molecule has 0 radical (unpaired) electrons. The van der Waals surface area contributed by atoms with Crippen LogP contribution in [0, 0.1) is 0 Å². The van der Waals surface area contributed by atoms with Crippen LogP contribution in [-0.4, -0.2) is 28.1 Å². The van der Waals surface area contributed by atoms with Crippen LogP contribution in [0.15, 0.2) is 57.9 Å². The van der Waals surface area contributed by atoms with Gasteiger partial charge < -0.3 is 5.32 Å². The van der Waals surface area contributed by atoms with Crippen molar-refractivity contribution >= 4 is 67.8 Å². The van der Waals surface area contributed by atoms with Gasteiger partial charge in [0.25, 0.3) is 11.8 Å². The van der Waals surface area contributed by atoms with Gasteiger partial charge in [0.15, 0.2) is 0 Å². The van der Waals surface area contributed by atoms with Crippen molar-refractivity contribution in [1.82, 2.24) is 4.90 Å². The van der Waals surface area contributed by atoms with Crippen molar-refractivity contribution in [1.29, 1.82) is 0 Å². The van der Waals surface area contributed by atoms with Gasteiger partial charge in [0, 0.05) is 17.1 Å². The maximum Gasteiger partial charge on any atom is 0.265 e. The predicted octanol–water partition coefficient (Wildman–Crippen LogP) is 4.53. The molecule has 2 amide bonds. The zero-order valence-electron chi connectivity index (χ0n) is 13.2. The maximum atomic E-state index is 12.3. The zero-order valence-corrected chi connectivity index (χ0v) is 16.4. The number of para-hydroxylation sites is 1. The third kappa shape index (κ3) is 4.00. The molecule has 0 aromatic heterocycles. The largest absolute Gasteiger partial charge is 0.321 e. The van der Waals surface area contributed by atoms with Gasteiger partial charge in [-0.05, 0) is 51.8 Å². The van der Waals surface area contributed by atoms with Gasteiger partial charge in [0.2, 0.25) is 0 Å². The van der Waals surface area contributed by atoms with Gasteiger partial charge in [-0.2, -0.15) is 0 Å². The number of amides is 2. The minimum atomic E-state index is -0.196. The summed E-state index contributed by atoms with van der Waals surface area (Å²) in [5.41, 5.74) is 2.09. The first kappa shape index (κ1) is 17.8. The number of hydrogen-bond acceptors (Lipinski definition) is 4. The molecule has 1 aliphatic rings. The minimum absolute atomic E-state index is 0.106. The molecular formula is C18H13BrN2O2S2. The lowest BCUT2D eigenvalue weighted by atomic mass is 10.1. The maximum absolute atomic E-state index is 12.3. The summed E-state index contributed by atoms with van der Waals surface area (Å²) in [6.45, 7) is 0. The second-order valence-corrected chi connectivity index (χ2v) is 7.83.